The van der Waals surface area contributed by atoms with Crippen molar-refractivity contribution in [1.29, 1.82) is 0 Å². The number of rotatable bonds is 4. The molecule has 1 heterocycles. The maximum absolute atomic E-state index is 12.2. The smallest absolute Gasteiger partial charge is 0.212 e. The molecule has 0 aromatic carbocycles. The lowest BCUT2D eigenvalue weighted by molar-refractivity contribution is 0.203. The van der Waals surface area contributed by atoms with Crippen LogP contribution in [0.15, 0.2) is 0 Å². The highest BCUT2D eigenvalue weighted by Gasteiger charge is 2.34. The lowest BCUT2D eigenvalue weighted by Crippen LogP contribution is -2.49. The molecule has 3 nitrogen and oxygen atoms in total. The van der Waals surface area contributed by atoms with Crippen molar-refractivity contribution >= 4 is 21.6 Å². The number of alkyl halides is 1. The van der Waals surface area contributed by atoms with E-state index in [0.717, 1.165) is 19.3 Å². The van der Waals surface area contributed by atoms with Crippen molar-refractivity contribution in [2.45, 2.75) is 52.1 Å². The molecule has 0 saturated carbocycles. The summed E-state index contributed by atoms with van der Waals surface area (Å²) in [5.74, 6) is 0.592. The molecule has 0 amide bonds. The zero-order chi connectivity index (χ0) is 12.3. The molecule has 5 heteroatoms. The second kappa shape index (κ2) is 5.69. The number of piperidine rings is 1. The third kappa shape index (κ3) is 3.34. The van der Waals surface area contributed by atoms with Crippen LogP contribution in [0.25, 0.3) is 0 Å². The first-order valence-electron chi connectivity index (χ1n) is 5.95. The van der Waals surface area contributed by atoms with Gasteiger partial charge in [-0.25, -0.2) is 8.42 Å². The average molecular weight is 268 g/mol. The molecule has 0 radical (unpaired) electrons. The molecule has 1 aliphatic rings. The van der Waals surface area contributed by atoms with E-state index >= 15 is 0 Å². The molecule has 0 aromatic heterocycles. The Morgan fingerprint density at radius 3 is 2.25 bits per heavy atom. The monoisotopic (exact) mass is 267 g/mol. The molecule has 16 heavy (non-hydrogen) atoms. The van der Waals surface area contributed by atoms with E-state index in [1.807, 2.05) is 20.8 Å². The van der Waals surface area contributed by atoms with Gasteiger partial charge in [0.1, 0.15) is 0 Å². The molecule has 1 aliphatic heterocycles. The van der Waals surface area contributed by atoms with Crippen LogP contribution in [0.2, 0.25) is 0 Å². The first-order chi connectivity index (χ1) is 7.38. The van der Waals surface area contributed by atoms with Crippen molar-refractivity contribution in [2.75, 3.05) is 11.6 Å². The molecule has 1 rings (SSSR count). The highest BCUT2D eigenvalue weighted by Crippen LogP contribution is 2.26. The van der Waals surface area contributed by atoms with Crippen LogP contribution in [-0.2, 0) is 10.0 Å². The Hall–Kier alpha value is 0.200. The number of sulfonamides is 1. The largest absolute Gasteiger partial charge is 0.214 e. The first kappa shape index (κ1) is 14.3. The zero-order valence-electron chi connectivity index (χ0n) is 10.3. The summed E-state index contributed by atoms with van der Waals surface area (Å²) in [7, 11) is -3.14. The van der Waals surface area contributed by atoms with Gasteiger partial charge < -0.3 is 0 Å². The van der Waals surface area contributed by atoms with Crippen LogP contribution >= 0.6 is 11.6 Å². The Morgan fingerprint density at radius 2 is 1.81 bits per heavy atom. The lowest BCUT2D eigenvalue weighted by Gasteiger charge is -2.38. The van der Waals surface area contributed by atoms with Gasteiger partial charge in [0.2, 0.25) is 10.0 Å². The molecule has 0 aliphatic carbocycles. The second-order valence-electron chi connectivity index (χ2n) is 5.00. The van der Waals surface area contributed by atoms with Gasteiger partial charge in [-0.05, 0) is 32.6 Å². The standard InChI is InChI=1S/C11H22ClNO2S/c1-9(7-12)8-16(14,15)13-10(2)5-4-6-11(13)3/h9-11H,4-8H2,1-3H3/t9?,10-,11+. The highest BCUT2D eigenvalue weighted by atomic mass is 35.5. The van der Waals surface area contributed by atoms with E-state index in [1.165, 1.54) is 0 Å². The van der Waals surface area contributed by atoms with E-state index in [1.54, 1.807) is 4.31 Å². The van der Waals surface area contributed by atoms with Crippen LogP contribution in [0.4, 0.5) is 0 Å². The van der Waals surface area contributed by atoms with Crippen molar-refractivity contribution < 1.29 is 8.42 Å². The fourth-order valence-electron chi connectivity index (χ4n) is 2.44. The van der Waals surface area contributed by atoms with Crippen molar-refractivity contribution in [1.82, 2.24) is 4.31 Å². The Morgan fingerprint density at radius 1 is 1.31 bits per heavy atom. The van der Waals surface area contributed by atoms with Gasteiger partial charge in [-0.3, -0.25) is 0 Å². The minimum Gasteiger partial charge on any atom is -0.212 e. The molecule has 1 fully saturated rings. The minimum atomic E-state index is -3.14. The molecule has 1 unspecified atom stereocenters. The van der Waals surface area contributed by atoms with Gasteiger partial charge in [0.25, 0.3) is 0 Å². The SMILES string of the molecule is CC(CCl)CS(=O)(=O)N1[C@H](C)CCC[C@@H]1C. The van der Waals surface area contributed by atoms with Crippen molar-refractivity contribution in [3.63, 3.8) is 0 Å². The van der Waals surface area contributed by atoms with Crippen LogP contribution in [0, 0.1) is 5.92 Å². The van der Waals surface area contributed by atoms with E-state index in [-0.39, 0.29) is 23.8 Å². The third-order valence-corrected chi connectivity index (χ3v) is 6.07. The van der Waals surface area contributed by atoms with E-state index < -0.39 is 10.0 Å². The lowest BCUT2D eigenvalue weighted by atomic mass is 10.0. The van der Waals surface area contributed by atoms with Crippen LogP contribution < -0.4 is 0 Å². The summed E-state index contributed by atoms with van der Waals surface area (Å²) < 4.78 is 26.2. The van der Waals surface area contributed by atoms with E-state index in [0.29, 0.717) is 5.88 Å². The van der Waals surface area contributed by atoms with Crippen molar-refractivity contribution in [3.8, 4) is 0 Å². The fraction of sp³-hybridized carbons (Fsp3) is 1.00. The van der Waals surface area contributed by atoms with E-state index in [4.69, 9.17) is 11.6 Å². The molecule has 3 atom stereocenters. The third-order valence-electron chi connectivity index (χ3n) is 3.19. The fourth-order valence-corrected chi connectivity index (χ4v) is 4.99. The Labute approximate surface area is 104 Å². The first-order valence-corrected chi connectivity index (χ1v) is 8.10. The summed E-state index contributed by atoms with van der Waals surface area (Å²) >= 11 is 5.69. The molecule has 0 spiro atoms. The van der Waals surface area contributed by atoms with Crippen LogP contribution in [0.1, 0.15) is 40.0 Å². The zero-order valence-corrected chi connectivity index (χ0v) is 11.9. The average Bonchev–Trinajstić information content (AvgIpc) is 2.16. The molecule has 1 saturated heterocycles. The van der Waals surface area contributed by atoms with Crippen LogP contribution in [-0.4, -0.2) is 36.4 Å². The van der Waals surface area contributed by atoms with Crippen LogP contribution in [0.5, 0.6) is 0 Å². The van der Waals surface area contributed by atoms with Gasteiger partial charge in [0.05, 0.1) is 5.75 Å². The molecule has 0 bridgehead atoms. The Bertz CT molecular complexity index is 308. The molecular formula is C11H22ClNO2S. The van der Waals surface area contributed by atoms with Gasteiger partial charge in [0, 0.05) is 18.0 Å². The predicted octanol–water partition coefficient (Wildman–Crippen LogP) is 2.45. The number of nitrogens with zero attached hydrogens (tertiary/aromatic N) is 1. The molecule has 0 aromatic rings. The van der Waals surface area contributed by atoms with Crippen molar-refractivity contribution in [3.05, 3.63) is 0 Å². The topological polar surface area (TPSA) is 37.4 Å². The van der Waals surface area contributed by atoms with E-state index in [9.17, 15) is 8.42 Å². The molecule has 0 N–H and O–H groups in total. The number of hydrogen-bond acceptors (Lipinski definition) is 2. The summed E-state index contributed by atoms with van der Waals surface area (Å²) in [4.78, 5) is 0. The van der Waals surface area contributed by atoms with Crippen molar-refractivity contribution in [2.24, 2.45) is 5.92 Å². The summed E-state index contributed by atoms with van der Waals surface area (Å²) in [5, 5.41) is 0. The van der Waals surface area contributed by atoms with Gasteiger partial charge in [-0.1, -0.05) is 13.3 Å². The number of halogens is 1. The highest BCUT2D eigenvalue weighted by molar-refractivity contribution is 7.89. The maximum atomic E-state index is 12.2. The maximum Gasteiger partial charge on any atom is 0.214 e. The molecule has 96 valence electrons. The van der Waals surface area contributed by atoms with E-state index in [2.05, 4.69) is 0 Å². The summed E-state index contributed by atoms with van der Waals surface area (Å²) in [6.45, 7) is 5.88. The normalized spacial score (nSPS) is 30.2. The minimum absolute atomic E-state index is 0.0213. The predicted molar refractivity (Wildman–Crippen MR) is 68.3 cm³/mol. The second-order valence-corrected chi connectivity index (χ2v) is 7.22. The Balaban J connectivity index is 2.80. The van der Waals surface area contributed by atoms with Gasteiger partial charge in [-0.2, -0.15) is 4.31 Å². The summed E-state index contributed by atoms with van der Waals surface area (Å²) in [6, 6.07) is 0.271. The van der Waals surface area contributed by atoms with Gasteiger partial charge in [-0.15, -0.1) is 11.6 Å². The quantitative estimate of drug-likeness (QED) is 0.734. The van der Waals surface area contributed by atoms with Crippen LogP contribution in [0.3, 0.4) is 0 Å². The van der Waals surface area contributed by atoms with Gasteiger partial charge >= 0.3 is 0 Å². The number of hydrogen-bond donors (Lipinski definition) is 0. The summed E-state index contributed by atoms with van der Waals surface area (Å²) in [6.07, 6.45) is 3.07. The Kier molecular flexibility index (Phi) is 5.08. The van der Waals surface area contributed by atoms with Gasteiger partial charge in [0.15, 0.2) is 0 Å². The molecular weight excluding hydrogens is 246 g/mol. The summed E-state index contributed by atoms with van der Waals surface area (Å²) in [5.41, 5.74) is 0.